The lowest BCUT2D eigenvalue weighted by Gasteiger charge is -2.31. The molecule has 1 aliphatic rings. The summed E-state index contributed by atoms with van der Waals surface area (Å²) in [6.07, 6.45) is 2.99. The van der Waals surface area contributed by atoms with Gasteiger partial charge in [-0.2, -0.15) is 0 Å². The van der Waals surface area contributed by atoms with Gasteiger partial charge in [-0.05, 0) is 51.8 Å². The fraction of sp³-hybridized carbons (Fsp3) is 0.526. The second-order valence-electron chi connectivity index (χ2n) is 7.56. The maximum absolute atomic E-state index is 12.0. The van der Waals surface area contributed by atoms with Gasteiger partial charge in [0.25, 0.3) is 5.69 Å². The molecule has 2 heterocycles. The van der Waals surface area contributed by atoms with Crippen LogP contribution in [0.3, 0.4) is 0 Å². The van der Waals surface area contributed by atoms with Gasteiger partial charge in [0, 0.05) is 24.9 Å². The first-order valence-corrected chi connectivity index (χ1v) is 11.4. The molecule has 10 heteroatoms. The molecule has 2 aromatic rings. The van der Waals surface area contributed by atoms with E-state index in [9.17, 15) is 18.5 Å². The van der Waals surface area contributed by atoms with E-state index < -0.39 is 14.8 Å². The van der Waals surface area contributed by atoms with E-state index >= 15 is 0 Å². The summed E-state index contributed by atoms with van der Waals surface area (Å²) in [6.45, 7) is 6.97. The number of anilines is 1. The molecule has 1 aromatic heterocycles. The zero-order valence-corrected chi connectivity index (χ0v) is 17.7. The summed E-state index contributed by atoms with van der Waals surface area (Å²) in [7, 11) is -3.58. The zero-order chi connectivity index (χ0) is 21.2. The third-order valence-corrected chi connectivity index (χ3v) is 6.43. The Balaban J connectivity index is 1.57. The van der Waals surface area contributed by atoms with Crippen molar-refractivity contribution >= 4 is 21.2 Å². The van der Waals surface area contributed by atoms with Crippen LogP contribution in [0.5, 0.6) is 0 Å². The van der Waals surface area contributed by atoms with Crippen molar-refractivity contribution in [1.29, 1.82) is 0 Å². The van der Waals surface area contributed by atoms with E-state index in [1.54, 1.807) is 0 Å². The number of nitrogens with zero attached hydrogens (tertiary/aromatic N) is 3. The van der Waals surface area contributed by atoms with Gasteiger partial charge < -0.3 is 9.73 Å². The second kappa shape index (κ2) is 8.50. The molecule has 1 aromatic carbocycles. The summed E-state index contributed by atoms with van der Waals surface area (Å²) in [5.74, 6) is 1.98. The number of aromatic nitrogens is 1. The van der Waals surface area contributed by atoms with Crippen LogP contribution in [0.4, 0.5) is 11.4 Å². The molecule has 1 N–H and O–H groups in total. The minimum Gasteiger partial charge on any atom is -0.444 e. The third-order valence-electron chi connectivity index (χ3n) is 5.30. The van der Waals surface area contributed by atoms with Gasteiger partial charge in [-0.25, -0.2) is 13.4 Å². The number of nitrogens with one attached hydrogen (secondary N) is 1. The Morgan fingerprint density at radius 3 is 2.55 bits per heavy atom. The van der Waals surface area contributed by atoms with Crippen LogP contribution in [-0.2, 0) is 16.4 Å². The predicted octanol–water partition coefficient (Wildman–Crippen LogP) is 2.93. The smallest absolute Gasteiger partial charge is 0.270 e. The number of rotatable bonds is 7. The lowest BCUT2D eigenvalue weighted by atomic mass is 9.96. The first-order valence-electron chi connectivity index (χ1n) is 9.51. The van der Waals surface area contributed by atoms with Gasteiger partial charge in [0.15, 0.2) is 9.84 Å². The molecule has 1 saturated heterocycles. The molecule has 29 heavy (non-hydrogen) atoms. The molecule has 0 bridgehead atoms. The number of oxazole rings is 1. The van der Waals surface area contributed by atoms with Gasteiger partial charge >= 0.3 is 0 Å². The van der Waals surface area contributed by atoms with Crippen molar-refractivity contribution in [2.75, 3.05) is 31.2 Å². The highest BCUT2D eigenvalue weighted by atomic mass is 32.2. The first kappa shape index (κ1) is 21.3. The van der Waals surface area contributed by atoms with Crippen molar-refractivity contribution in [3.8, 4) is 0 Å². The monoisotopic (exact) mass is 422 g/mol. The van der Waals surface area contributed by atoms with E-state index in [0.717, 1.165) is 55.6 Å². The highest BCUT2D eigenvalue weighted by Crippen LogP contribution is 2.28. The summed E-state index contributed by atoms with van der Waals surface area (Å²) in [5.41, 5.74) is 1.09. The van der Waals surface area contributed by atoms with Crippen LogP contribution in [0.15, 0.2) is 27.5 Å². The Kier molecular flexibility index (Phi) is 6.23. The van der Waals surface area contributed by atoms with Crippen LogP contribution < -0.4 is 5.32 Å². The number of nitro groups is 1. The Labute approximate surface area is 170 Å². The van der Waals surface area contributed by atoms with Crippen LogP contribution in [-0.4, -0.2) is 49.1 Å². The minimum absolute atomic E-state index is 0.0428. The highest BCUT2D eigenvalue weighted by molar-refractivity contribution is 7.90. The van der Waals surface area contributed by atoms with E-state index in [0.29, 0.717) is 24.7 Å². The number of sulfone groups is 1. The number of likely N-dealkylation sites (tertiary alicyclic amines) is 1. The molecule has 3 rings (SSSR count). The summed E-state index contributed by atoms with van der Waals surface area (Å²) in [6, 6.07) is 3.90. The minimum atomic E-state index is -3.58. The lowest BCUT2D eigenvalue weighted by Crippen LogP contribution is -2.35. The van der Waals surface area contributed by atoms with Crippen molar-refractivity contribution in [1.82, 2.24) is 9.88 Å². The fourth-order valence-electron chi connectivity index (χ4n) is 3.48. The number of hydrogen-bond acceptors (Lipinski definition) is 8. The molecule has 0 unspecified atom stereocenters. The molecule has 9 nitrogen and oxygen atoms in total. The Bertz CT molecular complexity index is 975. The van der Waals surface area contributed by atoms with E-state index in [-0.39, 0.29) is 10.6 Å². The number of hydrogen-bond donors (Lipinski definition) is 1. The summed E-state index contributed by atoms with van der Waals surface area (Å²) in [4.78, 5) is 17.0. The normalized spacial score (nSPS) is 16.1. The van der Waals surface area contributed by atoms with Gasteiger partial charge in [-0.15, -0.1) is 0 Å². The SMILES string of the molecule is Cc1nc(CN2CCC(CNc3ccc([N+](=O)[O-])cc3S(C)(=O)=O)CC2)oc1C. The van der Waals surface area contributed by atoms with E-state index in [4.69, 9.17) is 4.42 Å². The van der Waals surface area contributed by atoms with Crippen molar-refractivity contribution in [2.45, 2.75) is 38.1 Å². The molecular weight excluding hydrogens is 396 g/mol. The number of non-ortho nitro benzene ring substituents is 1. The predicted molar refractivity (Wildman–Crippen MR) is 109 cm³/mol. The maximum Gasteiger partial charge on any atom is 0.270 e. The average molecular weight is 423 g/mol. The van der Waals surface area contributed by atoms with Gasteiger partial charge in [0.2, 0.25) is 5.89 Å². The molecular formula is C19H26N4O5S. The van der Waals surface area contributed by atoms with Crippen molar-refractivity contribution in [3.05, 3.63) is 45.7 Å². The number of nitro benzene ring substituents is 1. The van der Waals surface area contributed by atoms with Crippen LogP contribution >= 0.6 is 0 Å². The van der Waals surface area contributed by atoms with Gasteiger partial charge in [0.05, 0.1) is 27.7 Å². The fourth-order valence-corrected chi connectivity index (χ4v) is 4.35. The topological polar surface area (TPSA) is 119 Å². The molecule has 0 aliphatic carbocycles. The van der Waals surface area contributed by atoms with Gasteiger partial charge in [-0.3, -0.25) is 15.0 Å². The Morgan fingerprint density at radius 1 is 1.31 bits per heavy atom. The van der Waals surface area contributed by atoms with Crippen LogP contribution in [0.2, 0.25) is 0 Å². The molecule has 0 amide bonds. The van der Waals surface area contributed by atoms with Crippen LogP contribution in [0, 0.1) is 29.9 Å². The van der Waals surface area contributed by atoms with Crippen LogP contribution in [0.1, 0.15) is 30.2 Å². The first-order chi connectivity index (χ1) is 13.6. The summed E-state index contributed by atoms with van der Waals surface area (Å²) < 4.78 is 29.7. The van der Waals surface area contributed by atoms with Gasteiger partial charge in [-0.1, -0.05) is 0 Å². The summed E-state index contributed by atoms with van der Waals surface area (Å²) in [5, 5.41) is 14.1. The zero-order valence-electron chi connectivity index (χ0n) is 16.8. The Morgan fingerprint density at radius 2 is 2.00 bits per heavy atom. The van der Waals surface area contributed by atoms with Crippen molar-refractivity contribution in [2.24, 2.45) is 5.92 Å². The summed E-state index contributed by atoms with van der Waals surface area (Å²) >= 11 is 0. The molecule has 0 spiro atoms. The highest BCUT2D eigenvalue weighted by Gasteiger charge is 2.23. The average Bonchev–Trinajstić information content (AvgIpc) is 2.97. The van der Waals surface area contributed by atoms with Crippen molar-refractivity contribution < 1.29 is 17.8 Å². The quantitative estimate of drug-likeness (QED) is 0.534. The van der Waals surface area contributed by atoms with Crippen molar-refractivity contribution in [3.63, 3.8) is 0 Å². The number of piperidine rings is 1. The third kappa shape index (κ3) is 5.33. The van der Waals surface area contributed by atoms with Gasteiger partial charge in [0.1, 0.15) is 5.76 Å². The molecule has 1 aliphatic heterocycles. The maximum atomic E-state index is 12.0. The molecule has 0 radical (unpaired) electrons. The second-order valence-corrected chi connectivity index (χ2v) is 9.54. The van der Waals surface area contributed by atoms with E-state index in [1.165, 1.54) is 12.1 Å². The number of benzene rings is 1. The van der Waals surface area contributed by atoms with E-state index in [2.05, 4.69) is 15.2 Å². The Hall–Kier alpha value is -2.46. The van der Waals surface area contributed by atoms with Crippen LogP contribution in [0.25, 0.3) is 0 Å². The molecule has 0 saturated carbocycles. The lowest BCUT2D eigenvalue weighted by molar-refractivity contribution is -0.385. The molecule has 0 atom stereocenters. The number of aryl methyl sites for hydroxylation is 2. The molecule has 158 valence electrons. The van der Waals surface area contributed by atoms with E-state index in [1.807, 2.05) is 13.8 Å². The molecule has 1 fully saturated rings. The standard InChI is InChI=1S/C19H26N4O5S/c1-13-14(2)28-19(21-13)12-22-8-6-15(7-9-22)11-20-17-5-4-16(23(24)25)10-18(17)29(3,26)27/h4-5,10,15,20H,6-9,11-12H2,1-3H3. The largest absolute Gasteiger partial charge is 0.444 e.